The molecule has 0 saturated carbocycles. The van der Waals surface area contributed by atoms with Crippen LogP contribution in [0, 0.1) is 0 Å². The summed E-state index contributed by atoms with van der Waals surface area (Å²) in [5.41, 5.74) is 39.7. The van der Waals surface area contributed by atoms with E-state index in [1.54, 1.807) is 6.92 Å². The lowest BCUT2D eigenvalue weighted by Gasteiger charge is -2.26. The Morgan fingerprint density at radius 3 is 1.20 bits per heavy atom. The van der Waals surface area contributed by atoms with Gasteiger partial charge in [0.15, 0.2) is 0 Å². The standard InChI is InChI=1S/C8H17N7/c1-8(14,15)2-3(9)5(11)7(13)6(12)4(2)10/h9-15H2,1H3. The molecule has 0 aromatic heterocycles. The molecule has 0 aliphatic rings. The molecule has 0 amide bonds. The van der Waals surface area contributed by atoms with Crippen LogP contribution in [0.15, 0.2) is 0 Å². The highest BCUT2D eigenvalue weighted by Crippen LogP contribution is 2.41. The van der Waals surface area contributed by atoms with Gasteiger partial charge in [0, 0.05) is 5.56 Å². The molecule has 0 aliphatic carbocycles. The molecule has 0 spiro atoms. The topological polar surface area (TPSA) is 182 Å². The number of hydrogen-bond acceptors (Lipinski definition) is 7. The van der Waals surface area contributed by atoms with Crippen molar-refractivity contribution in [2.24, 2.45) is 11.5 Å². The predicted molar refractivity (Wildman–Crippen MR) is 64.2 cm³/mol. The van der Waals surface area contributed by atoms with Crippen molar-refractivity contribution in [3.63, 3.8) is 0 Å². The lowest BCUT2D eigenvalue weighted by atomic mass is 9.96. The van der Waals surface area contributed by atoms with Crippen LogP contribution < -0.4 is 40.1 Å². The van der Waals surface area contributed by atoms with Gasteiger partial charge in [0.2, 0.25) is 0 Å². The summed E-state index contributed by atoms with van der Waals surface area (Å²) in [7, 11) is 0. The molecule has 7 nitrogen and oxygen atoms in total. The predicted octanol–water partition coefficient (Wildman–Crippen LogP) is -1.31. The van der Waals surface area contributed by atoms with Gasteiger partial charge in [0.05, 0.1) is 34.1 Å². The zero-order chi connectivity index (χ0) is 12.0. The van der Waals surface area contributed by atoms with E-state index in [0.717, 1.165) is 0 Å². The molecule has 0 aliphatic heterocycles. The summed E-state index contributed by atoms with van der Waals surface area (Å²) in [5, 5.41) is 0. The molecule has 0 radical (unpaired) electrons. The van der Waals surface area contributed by atoms with Crippen molar-refractivity contribution in [1.82, 2.24) is 0 Å². The molecule has 7 heteroatoms. The average molecular weight is 211 g/mol. The van der Waals surface area contributed by atoms with E-state index in [1.807, 2.05) is 0 Å². The van der Waals surface area contributed by atoms with Gasteiger partial charge in [-0.2, -0.15) is 0 Å². The minimum atomic E-state index is -1.22. The van der Waals surface area contributed by atoms with Crippen molar-refractivity contribution in [1.29, 1.82) is 0 Å². The van der Waals surface area contributed by atoms with Crippen LogP contribution in [0.2, 0.25) is 0 Å². The third kappa shape index (κ3) is 1.58. The molecule has 15 heavy (non-hydrogen) atoms. The van der Waals surface area contributed by atoms with Crippen LogP contribution in [-0.2, 0) is 5.66 Å². The maximum atomic E-state index is 5.74. The molecule has 1 aromatic rings. The van der Waals surface area contributed by atoms with Crippen LogP contribution in [0.1, 0.15) is 12.5 Å². The number of anilines is 5. The Labute approximate surface area is 87.5 Å². The first kappa shape index (κ1) is 11.2. The lowest BCUT2D eigenvalue weighted by molar-refractivity contribution is 0.525. The Bertz CT molecular complexity index is 375. The Balaban J connectivity index is 3.68. The van der Waals surface area contributed by atoms with Crippen LogP contribution in [0.25, 0.3) is 0 Å². The van der Waals surface area contributed by atoms with Gasteiger partial charge in [0.1, 0.15) is 0 Å². The van der Waals surface area contributed by atoms with Crippen molar-refractivity contribution >= 4 is 28.4 Å². The number of nitrogen functional groups attached to an aromatic ring is 5. The van der Waals surface area contributed by atoms with Crippen molar-refractivity contribution < 1.29 is 0 Å². The number of nitrogens with two attached hydrogens (primary N) is 7. The van der Waals surface area contributed by atoms with Gasteiger partial charge >= 0.3 is 0 Å². The van der Waals surface area contributed by atoms with Crippen LogP contribution in [0.5, 0.6) is 0 Å². The third-order valence-corrected chi connectivity index (χ3v) is 2.24. The van der Waals surface area contributed by atoms with Gasteiger partial charge in [-0.15, -0.1) is 0 Å². The number of hydrogen-bond donors (Lipinski definition) is 7. The van der Waals surface area contributed by atoms with Crippen molar-refractivity contribution in [3.8, 4) is 0 Å². The maximum absolute atomic E-state index is 5.74. The molecule has 14 N–H and O–H groups in total. The van der Waals surface area contributed by atoms with E-state index < -0.39 is 5.66 Å². The minimum absolute atomic E-state index is 0.151. The van der Waals surface area contributed by atoms with Gasteiger partial charge in [-0.25, -0.2) is 0 Å². The summed E-state index contributed by atoms with van der Waals surface area (Å²) in [6.07, 6.45) is 0. The Morgan fingerprint density at radius 1 is 0.667 bits per heavy atom. The Hall–Kier alpha value is -1.86. The van der Waals surface area contributed by atoms with E-state index in [-0.39, 0.29) is 28.4 Å². The molecule has 1 rings (SSSR count). The maximum Gasteiger partial charge on any atom is 0.0912 e. The normalized spacial score (nSPS) is 11.7. The van der Waals surface area contributed by atoms with E-state index in [0.29, 0.717) is 5.56 Å². The second-order valence-electron chi connectivity index (χ2n) is 3.73. The molecule has 84 valence electrons. The van der Waals surface area contributed by atoms with Crippen LogP contribution >= 0.6 is 0 Å². The molecule has 0 bridgehead atoms. The van der Waals surface area contributed by atoms with Crippen molar-refractivity contribution in [2.75, 3.05) is 28.7 Å². The highest BCUT2D eigenvalue weighted by atomic mass is 15.0. The highest BCUT2D eigenvalue weighted by molar-refractivity contribution is 5.96. The zero-order valence-corrected chi connectivity index (χ0v) is 8.54. The Kier molecular flexibility index (Phi) is 2.30. The first-order chi connectivity index (χ1) is 6.68. The fourth-order valence-corrected chi connectivity index (χ4v) is 1.43. The quantitative estimate of drug-likeness (QED) is 0.222. The summed E-state index contributed by atoms with van der Waals surface area (Å²) in [5.74, 6) is 0. The molecule has 0 saturated heterocycles. The van der Waals surface area contributed by atoms with E-state index in [4.69, 9.17) is 40.1 Å². The first-order valence-corrected chi connectivity index (χ1v) is 4.27. The van der Waals surface area contributed by atoms with Gasteiger partial charge < -0.3 is 40.1 Å². The SMILES string of the molecule is CC(N)(N)c1c(N)c(N)c(N)c(N)c1N. The fourth-order valence-electron chi connectivity index (χ4n) is 1.43. The lowest BCUT2D eigenvalue weighted by Crippen LogP contribution is -2.44. The summed E-state index contributed by atoms with van der Waals surface area (Å²) < 4.78 is 0. The monoisotopic (exact) mass is 211 g/mol. The summed E-state index contributed by atoms with van der Waals surface area (Å²) in [4.78, 5) is 0. The molecule has 0 unspecified atom stereocenters. The summed E-state index contributed by atoms with van der Waals surface area (Å²) in [6, 6.07) is 0. The average Bonchev–Trinajstić information content (AvgIpc) is 2.09. The summed E-state index contributed by atoms with van der Waals surface area (Å²) >= 11 is 0. The van der Waals surface area contributed by atoms with E-state index in [9.17, 15) is 0 Å². The van der Waals surface area contributed by atoms with Crippen LogP contribution in [0.4, 0.5) is 28.4 Å². The smallest absolute Gasteiger partial charge is 0.0912 e. The van der Waals surface area contributed by atoms with Crippen molar-refractivity contribution in [2.45, 2.75) is 12.6 Å². The van der Waals surface area contributed by atoms with Crippen LogP contribution in [-0.4, -0.2) is 0 Å². The van der Waals surface area contributed by atoms with Crippen molar-refractivity contribution in [3.05, 3.63) is 5.56 Å². The fraction of sp³-hybridized carbons (Fsp3) is 0.250. The van der Waals surface area contributed by atoms with E-state index in [2.05, 4.69) is 0 Å². The molecule has 0 heterocycles. The van der Waals surface area contributed by atoms with E-state index >= 15 is 0 Å². The van der Waals surface area contributed by atoms with Gasteiger partial charge in [-0.3, -0.25) is 0 Å². The molecule has 1 aromatic carbocycles. The largest absolute Gasteiger partial charge is 0.397 e. The van der Waals surface area contributed by atoms with Gasteiger partial charge in [-0.05, 0) is 6.92 Å². The second-order valence-corrected chi connectivity index (χ2v) is 3.73. The van der Waals surface area contributed by atoms with Gasteiger partial charge in [0.25, 0.3) is 0 Å². The number of benzene rings is 1. The van der Waals surface area contributed by atoms with Crippen LogP contribution in [0.3, 0.4) is 0 Å². The molecular formula is C8H17N7. The minimum Gasteiger partial charge on any atom is -0.397 e. The number of rotatable bonds is 1. The summed E-state index contributed by atoms with van der Waals surface area (Å²) in [6.45, 7) is 1.55. The van der Waals surface area contributed by atoms with Gasteiger partial charge in [-0.1, -0.05) is 0 Å². The molecule has 0 fully saturated rings. The first-order valence-electron chi connectivity index (χ1n) is 4.27. The zero-order valence-electron chi connectivity index (χ0n) is 8.54. The Morgan fingerprint density at radius 2 is 0.933 bits per heavy atom. The second kappa shape index (κ2) is 3.07. The molecular weight excluding hydrogens is 194 g/mol. The third-order valence-electron chi connectivity index (χ3n) is 2.24. The molecule has 0 atom stereocenters. The van der Waals surface area contributed by atoms with E-state index in [1.165, 1.54) is 0 Å². The highest BCUT2D eigenvalue weighted by Gasteiger charge is 2.26.